The van der Waals surface area contributed by atoms with Crippen molar-refractivity contribution in [2.45, 2.75) is 121 Å². The molecule has 0 bridgehead atoms. The molecule has 5 nitrogen and oxygen atoms in total. The van der Waals surface area contributed by atoms with E-state index in [2.05, 4.69) is 23.3 Å². The Morgan fingerprint density at radius 1 is 0.900 bits per heavy atom. The van der Waals surface area contributed by atoms with Gasteiger partial charge in [0.15, 0.2) is 5.78 Å². The molecule has 30 heavy (non-hydrogen) atoms. The fourth-order valence-electron chi connectivity index (χ4n) is 4.01. The highest BCUT2D eigenvalue weighted by Gasteiger charge is 2.52. The molecule has 1 rings (SSSR count). The van der Waals surface area contributed by atoms with E-state index in [4.69, 9.17) is 4.74 Å². The van der Waals surface area contributed by atoms with Crippen LogP contribution in [0.4, 0.5) is 0 Å². The lowest BCUT2D eigenvalue weighted by molar-refractivity contribution is -0.139. The van der Waals surface area contributed by atoms with E-state index in [9.17, 15) is 13.2 Å². The first-order valence-corrected chi connectivity index (χ1v) is 13.5. The van der Waals surface area contributed by atoms with Gasteiger partial charge in [0.05, 0.1) is 7.11 Å². The van der Waals surface area contributed by atoms with Crippen LogP contribution in [-0.4, -0.2) is 32.9 Å². The molecule has 0 aromatic rings. The molecule has 0 saturated carbocycles. The number of allylic oxidation sites excluding steroid dienone is 2. The first-order valence-electron chi connectivity index (χ1n) is 12.1. The van der Waals surface area contributed by atoms with Gasteiger partial charge in [0.25, 0.3) is 4.93 Å². The van der Waals surface area contributed by atoms with Gasteiger partial charge in [0.2, 0.25) is 0 Å². The largest absolute Gasteiger partial charge is 0.351 e. The van der Waals surface area contributed by atoms with Crippen molar-refractivity contribution < 1.29 is 22.1 Å². The van der Waals surface area contributed by atoms with Gasteiger partial charge in [0.1, 0.15) is 0 Å². The van der Waals surface area contributed by atoms with Gasteiger partial charge in [-0.25, -0.2) is 0 Å². The summed E-state index contributed by atoms with van der Waals surface area (Å²) in [4.78, 5) is 10.9. The molecular weight excluding hydrogens is 400 g/mol. The molecule has 1 unspecified atom stereocenters. The molecular formula is C24H44O5S. The molecule has 0 aromatic heterocycles. The smallest absolute Gasteiger partial charge is 0.304 e. The summed E-state index contributed by atoms with van der Waals surface area (Å²) in [6.45, 7) is 2.54. The van der Waals surface area contributed by atoms with Crippen molar-refractivity contribution in [1.29, 1.82) is 0 Å². The first-order chi connectivity index (χ1) is 14.5. The van der Waals surface area contributed by atoms with Gasteiger partial charge >= 0.3 is 10.1 Å². The number of rotatable bonds is 18. The standard InChI is InChI=1S/C24H44O5S/c1-3-4-5-6-7-8-9-10-11-12-13-14-15-16-17-20-23(25)24(30(26,27)28-2)21-18-19-22-29-24/h10-11H,3-9,12-22H2,1-2H3/b11-10-. The highest BCUT2D eigenvalue weighted by Crippen LogP contribution is 2.34. The van der Waals surface area contributed by atoms with Crippen LogP contribution in [0.15, 0.2) is 12.2 Å². The van der Waals surface area contributed by atoms with Crippen LogP contribution in [0.1, 0.15) is 116 Å². The number of hydrogen-bond donors (Lipinski definition) is 0. The molecule has 0 spiro atoms. The van der Waals surface area contributed by atoms with Crippen LogP contribution in [0.25, 0.3) is 0 Å². The topological polar surface area (TPSA) is 69.7 Å². The zero-order valence-corrected chi connectivity index (χ0v) is 20.1. The summed E-state index contributed by atoms with van der Waals surface area (Å²) in [7, 11) is -2.93. The van der Waals surface area contributed by atoms with Gasteiger partial charge in [-0.1, -0.05) is 70.4 Å². The summed E-state index contributed by atoms with van der Waals surface area (Å²) in [6, 6.07) is 0. The number of ether oxygens (including phenoxy) is 1. The minimum absolute atomic E-state index is 0.201. The summed E-state index contributed by atoms with van der Waals surface area (Å²) < 4.78 is 34.7. The molecule has 0 amide bonds. The summed E-state index contributed by atoms with van der Waals surface area (Å²) in [5.41, 5.74) is 0. The molecule has 1 aliphatic heterocycles. The van der Waals surface area contributed by atoms with E-state index in [1.165, 1.54) is 51.4 Å². The van der Waals surface area contributed by atoms with Crippen LogP contribution in [-0.2, 0) is 23.8 Å². The lowest BCUT2D eigenvalue weighted by Gasteiger charge is -2.34. The van der Waals surface area contributed by atoms with E-state index in [0.29, 0.717) is 19.4 Å². The number of Topliss-reactive ketones (excluding diaryl/α,β-unsaturated/α-hetero) is 1. The van der Waals surface area contributed by atoms with Crippen LogP contribution >= 0.6 is 0 Å². The minimum Gasteiger partial charge on any atom is -0.351 e. The monoisotopic (exact) mass is 444 g/mol. The maximum Gasteiger partial charge on any atom is 0.304 e. The molecule has 1 heterocycles. The number of ketones is 1. The average Bonchev–Trinajstić information content (AvgIpc) is 2.76. The SMILES string of the molecule is CCCCCCCC/C=C\CCCCCCCC(=O)C1(S(=O)(=O)OC)CCCCO1. The average molecular weight is 445 g/mol. The first kappa shape index (κ1) is 27.3. The highest BCUT2D eigenvalue weighted by molar-refractivity contribution is 7.88. The Bertz CT molecular complexity index is 576. The number of carbonyl (C=O) groups is 1. The third kappa shape index (κ3) is 9.61. The lowest BCUT2D eigenvalue weighted by Crippen LogP contribution is -2.51. The van der Waals surface area contributed by atoms with Crippen LogP contribution in [0.3, 0.4) is 0 Å². The minimum atomic E-state index is -4.03. The van der Waals surface area contributed by atoms with E-state index in [0.717, 1.165) is 39.2 Å². The Hall–Kier alpha value is -0.720. The summed E-state index contributed by atoms with van der Waals surface area (Å²) in [6.07, 6.45) is 21.9. The van der Waals surface area contributed by atoms with Crippen molar-refractivity contribution in [3.05, 3.63) is 12.2 Å². The van der Waals surface area contributed by atoms with Crippen LogP contribution < -0.4 is 0 Å². The predicted molar refractivity (Wildman–Crippen MR) is 123 cm³/mol. The molecule has 1 aliphatic rings. The fraction of sp³-hybridized carbons (Fsp3) is 0.875. The summed E-state index contributed by atoms with van der Waals surface area (Å²) >= 11 is 0. The van der Waals surface area contributed by atoms with Gasteiger partial charge in [0, 0.05) is 19.4 Å². The molecule has 0 aromatic carbocycles. The van der Waals surface area contributed by atoms with Crippen LogP contribution in [0.5, 0.6) is 0 Å². The Morgan fingerprint density at radius 2 is 1.47 bits per heavy atom. The van der Waals surface area contributed by atoms with Crippen molar-refractivity contribution in [2.75, 3.05) is 13.7 Å². The molecule has 1 fully saturated rings. The zero-order valence-electron chi connectivity index (χ0n) is 19.3. The van der Waals surface area contributed by atoms with Crippen molar-refractivity contribution >= 4 is 15.9 Å². The molecule has 6 heteroatoms. The maximum atomic E-state index is 12.7. The van der Waals surface area contributed by atoms with E-state index < -0.39 is 15.1 Å². The van der Waals surface area contributed by atoms with Gasteiger partial charge in [-0.2, -0.15) is 8.42 Å². The molecule has 0 aliphatic carbocycles. The highest BCUT2D eigenvalue weighted by atomic mass is 32.2. The molecule has 1 atom stereocenters. The Kier molecular flexibility index (Phi) is 14.6. The van der Waals surface area contributed by atoms with E-state index in [1.807, 2.05) is 0 Å². The van der Waals surface area contributed by atoms with E-state index >= 15 is 0 Å². The van der Waals surface area contributed by atoms with Crippen molar-refractivity contribution in [1.82, 2.24) is 0 Å². The normalized spacial score (nSPS) is 20.1. The number of hydrogen-bond acceptors (Lipinski definition) is 5. The third-order valence-electron chi connectivity index (χ3n) is 5.95. The van der Waals surface area contributed by atoms with Gasteiger partial charge < -0.3 is 4.74 Å². The van der Waals surface area contributed by atoms with Gasteiger partial charge in [-0.3, -0.25) is 8.98 Å². The summed E-state index contributed by atoms with van der Waals surface area (Å²) in [5, 5.41) is 0. The molecule has 0 radical (unpaired) electrons. The van der Waals surface area contributed by atoms with Gasteiger partial charge in [-0.05, 0) is 44.9 Å². The lowest BCUT2D eigenvalue weighted by atomic mass is 9.99. The quantitative estimate of drug-likeness (QED) is 0.138. The number of carbonyl (C=O) groups excluding carboxylic acids is 1. The second-order valence-electron chi connectivity index (χ2n) is 8.44. The Balaban J connectivity index is 2.10. The predicted octanol–water partition coefficient (Wildman–Crippen LogP) is 6.47. The fourth-order valence-corrected chi connectivity index (χ4v) is 5.28. The van der Waals surface area contributed by atoms with Crippen molar-refractivity contribution in [3.63, 3.8) is 0 Å². The maximum absolute atomic E-state index is 12.7. The second kappa shape index (κ2) is 16.0. The van der Waals surface area contributed by atoms with E-state index in [-0.39, 0.29) is 18.6 Å². The van der Waals surface area contributed by atoms with Gasteiger partial charge in [-0.15, -0.1) is 0 Å². The molecule has 0 N–H and O–H groups in total. The van der Waals surface area contributed by atoms with E-state index in [1.54, 1.807) is 0 Å². The van der Waals surface area contributed by atoms with Crippen molar-refractivity contribution in [3.8, 4) is 0 Å². The Labute approximate surface area is 185 Å². The second-order valence-corrected chi connectivity index (χ2v) is 10.3. The Morgan fingerprint density at radius 3 is 2.00 bits per heavy atom. The third-order valence-corrected chi connectivity index (χ3v) is 7.75. The summed E-state index contributed by atoms with van der Waals surface area (Å²) in [5.74, 6) is -0.346. The van der Waals surface area contributed by atoms with Crippen molar-refractivity contribution in [2.24, 2.45) is 0 Å². The molecule has 1 saturated heterocycles. The van der Waals surface area contributed by atoms with Crippen LogP contribution in [0.2, 0.25) is 0 Å². The molecule has 176 valence electrons. The van der Waals surface area contributed by atoms with Crippen LogP contribution in [0, 0.1) is 0 Å². The zero-order chi connectivity index (χ0) is 22.1. The number of unbranched alkanes of at least 4 members (excludes halogenated alkanes) is 11.